The summed E-state index contributed by atoms with van der Waals surface area (Å²) in [7, 11) is 0. The molecule has 1 N–H and O–H groups in total. The van der Waals surface area contributed by atoms with Crippen LogP contribution < -0.4 is 0 Å². The van der Waals surface area contributed by atoms with Gasteiger partial charge in [-0.2, -0.15) is 5.10 Å². The molecular formula is C11H11N3O2. The molecule has 0 aliphatic rings. The SMILES string of the molecule is CCc1c(C(=O)O)cnn1-c1cccnc1. The summed E-state index contributed by atoms with van der Waals surface area (Å²) in [6.07, 6.45) is 5.29. The summed E-state index contributed by atoms with van der Waals surface area (Å²) in [5.74, 6) is -0.952. The average Bonchev–Trinajstić information content (AvgIpc) is 2.73. The quantitative estimate of drug-likeness (QED) is 0.846. The van der Waals surface area contributed by atoms with Crippen LogP contribution in [0.4, 0.5) is 0 Å². The number of carboxylic acid groups (broad SMARTS) is 1. The van der Waals surface area contributed by atoms with Crippen LogP contribution in [0, 0.1) is 0 Å². The minimum absolute atomic E-state index is 0.242. The van der Waals surface area contributed by atoms with Crippen LogP contribution in [-0.2, 0) is 6.42 Å². The first kappa shape index (κ1) is 10.4. The van der Waals surface area contributed by atoms with E-state index in [0.29, 0.717) is 12.1 Å². The lowest BCUT2D eigenvalue weighted by molar-refractivity contribution is 0.0695. The summed E-state index contributed by atoms with van der Waals surface area (Å²) in [6.45, 7) is 1.90. The van der Waals surface area contributed by atoms with Crippen LogP contribution in [0.15, 0.2) is 30.7 Å². The Kier molecular flexibility index (Phi) is 2.68. The molecule has 5 heteroatoms. The summed E-state index contributed by atoms with van der Waals surface area (Å²) >= 11 is 0. The maximum Gasteiger partial charge on any atom is 0.339 e. The average molecular weight is 217 g/mol. The van der Waals surface area contributed by atoms with Crippen molar-refractivity contribution < 1.29 is 9.90 Å². The Morgan fingerprint density at radius 3 is 2.88 bits per heavy atom. The predicted molar refractivity (Wildman–Crippen MR) is 57.7 cm³/mol. The van der Waals surface area contributed by atoms with Crippen LogP contribution >= 0.6 is 0 Å². The molecule has 0 unspecified atom stereocenters. The van der Waals surface area contributed by atoms with Gasteiger partial charge in [-0.3, -0.25) is 4.98 Å². The second kappa shape index (κ2) is 4.14. The largest absolute Gasteiger partial charge is 0.478 e. The highest BCUT2D eigenvalue weighted by Crippen LogP contribution is 2.14. The number of carboxylic acids is 1. The number of aromatic carboxylic acids is 1. The van der Waals surface area contributed by atoms with Gasteiger partial charge in [-0.25, -0.2) is 9.48 Å². The number of nitrogens with zero attached hydrogens (tertiary/aromatic N) is 3. The maximum absolute atomic E-state index is 11.0. The van der Waals surface area contributed by atoms with E-state index in [-0.39, 0.29) is 5.56 Å². The Labute approximate surface area is 92.4 Å². The number of carbonyl (C=O) groups is 1. The van der Waals surface area contributed by atoms with Crippen LogP contribution in [0.2, 0.25) is 0 Å². The standard InChI is InChI=1S/C11H11N3O2/c1-2-10-9(11(15)16)7-13-14(10)8-4-3-5-12-6-8/h3-7H,2H2,1H3,(H,15,16). The Balaban J connectivity index is 2.54. The van der Waals surface area contributed by atoms with Gasteiger partial charge in [0, 0.05) is 6.20 Å². The topological polar surface area (TPSA) is 68.0 Å². The number of hydrogen-bond donors (Lipinski definition) is 1. The van der Waals surface area contributed by atoms with E-state index in [1.54, 1.807) is 23.1 Å². The lowest BCUT2D eigenvalue weighted by atomic mass is 10.2. The zero-order valence-corrected chi connectivity index (χ0v) is 8.79. The van der Waals surface area contributed by atoms with Gasteiger partial charge in [0.15, 0.2) is 0 Å². The van der Waals surface area contributed by atoms with E-state index in [9.17, 15) is 4.79 Å². The van der Waals surface area contributed by atoms with E-state index in [2.05, 4.69) is 10.1 Å². The maximum atomic E-state index is 11.0. The summed E-state index contributed by atoms with van der Waals surface area (Å²) in [4.78, 5) is 14.9. The van der Waals surface area contributed by atoms with Gasteiger partial charge in [-0.05, 0) is 18.6 Å². The molecule has 0 spiro atoms. The van der Waals surface area contributed by atoms with Crippen molar-refractivity contribution in [3.05, 3.63) is 42.0 Å². The number of hydrogen-bond acceptors (Lipinski definition) is 3. The molecule has 0 aliphatic heterocycles. The molecule has 0 saturated carbocycles. The van der Waals surface area contributed by atoms with E-state index >= 15 is 0 Å². The molecule has 0 aliphatic carbocycles. The van der Waals surface area contributed by atoms with Crippen molar-refractivity contribution in [3.8, 4) is 5.69 Å². The van der Waals surface area contributed by atoms with Crippen molar-refractivity contribution in [3.63, 3.8) is 0 Å². The van der Waals surface area contributed by atoms with Gasteiger partial charge in [-0.1, -0.05) is 6.92 Å². The third kappa shape index (κ3) is 1.67. The summed E-state index contributed by atoms with van der Waals surface area (Å²) < 4.78 is 1.61. The first-order valence-electron chi connectivity index (χ1n) is 4.94. The first-order chi connectivity index (χ1) is 7.74. The van der Waals surface area contributed by atoms with Gasteiger partial charge in [-0.15, -0.1) is 0 Å². The van der Waals surface area contributed by atoms with Crippen molar-refractivity contribution in [1.82, 2.24) is 14.8 Å². The van der Waals surface area contributed by atoms with Crippen LogP contribution in [-0.4, -0.2) is 25.8 Å². The molecule has 2 aromatic heterocycles. The van der Waals surface area contributed by atoms with Crippen molar-refractivity contribution >= 4 is 5.97 Å². The first-order valence-corrected chi connectivity index (χ1v) is 4.94. The monoisotopic (exact) mass is 217 g/mol. The van der Waals surface area contributed by atoms with Gasteiger partial charge in [0.25, 0.3) is 0 Å². The molecule has 0 atom stereocenters. The highest BCUT2D eigenvalue weighted by atomic mass is 16.4. The predicted octanol–water partition coefficient (Wildman–Crippen LogP) is 1.53. The van der Waals surface area contributed by atoms with Crippen LogP contribution in [0.5, 0.6) is 0 Å². The highest BCUT2D eigenvalue weighted by Gasteiger charge is 2.15. The zero-order valence-electron chi connectivity index (χ0n) is 8.79. The summed E-state index contributed by atoms with van der Waals surface area (Å²) in [6, 6.07) is 3.63. The fourth-order valence-electron chi connectivity index (χ4n) is 1.59. The molecule has 16 heavy (non-hydrogen) atoms. The van der Waals surface area contributed by atoms with E-state index in [4.69, 9.17) is 5.11 Å². The Hall–Kier alpha value is -2.17. The fourth-order valence-corrected chi connectivity index (χ4v) is 1.59. The number of aromatic nitrogens is 3. The van der Waals surface area contributed by atoms with E-state index in [0.717, 1.165) is 5.69 Å². The minimum Gasteiger partial charge on any atom is -0.478 e. The molecule has 2 rings (SSSR count). The third-order valence-electron chi connectivity index (χ3n) is 2.32. The fraction of sp³-hybridized carbons (Fsp3) is 0.182. The normalized spacial score (nSPS) is 10.3. The number of pyridine rings is 1. The Morgan fingerprint density at radius 2 is 2.31 bits per heavy atom. The molecule has 2 aromatic rings. The van der Waals surface area contributed by atoms with Gasteiger partial charge in [0.05, 0.1) is 23.8 Å². The van der Waals surface area contributed by atoms with Crippen molar-refractivity contribution in [2.45, 2.75) is 13.3 Å². The summed E-state index contributed by atoms with van der Waals surface area (Å²) in [5.41, 5.74) is 1.69. The van der Waals surface area contributed by atoms with Crippen LogP contribution in [0.3, 0.4) is 0 Å². The lowest BCUT2D eigenvalue weighted by Gasteiger charge is -2.05. The van der Waals surface area contributed by atoms with E-state index in [1.807, 2.05) is 13.0 Å². The molecule has 2 heterocycles. The summed E-state index contributed by atoms with van der Waals surface area (Å²) in [5, 5.41) is 13.1. The van der Waals surface area contributed by atoms with E-state index in [1.165, 1.54) is 6.20 Å². The molecular weight excluding hydrogens is 206 g/mol. The molecule has 5 nitrogen and oxygen atoms in total. The smallest absolute Gasteiger partial charge is 0.339 e. The molecule has 0 bridgehead atoms. The molecule has 82 valence electrons. The van der Waals surface area contributed by atoms with Crippen molar-refractivity contribution in [2.24, 2.45) is 0 Å². The molecule has 0 saturated heterocycles. The third-order valence-corrected chi connectivity index (χ3v) is 2.32. The molecule has 0 amide bonds. The van der Waals surface area contributed by atoms with Gasteiger partial charge < -0.3 is 5.11 Å². The van der Waals surface area contributed by atoms with Crippen LogP contribution in [0.1, 0.15) is 23.0 Å². The molecule has 0 radical (unpaired) electrons. The highest BCUT2D eigenvalue weighted by molar-refractivity contribution is 5.88. The van der Waals surface area contributed by atoms with Crippen molar-refractivity contribution in [1.29, 1.82) is 0 Å². The Bertz CT molecular complexity index is 505. The number of rotatable bonds is 3. The van der Waals surface area contributed by atoms with Gasteiger partial charge >= 0.3 is 5.97 Å². The second-order valence-corrected chi connectivity index (χ2v) is 3.29. The minimum atomic E-state index is -0.952. The zero-order chi connectivity index (χ0) is 11.5. The second-order valence-electron chi connectivity index (χ2n) is 3.29. The van der Waals surface area contributed by atoms with Crippen molar-refractivity contribution in [2.75, 3.05) is 0 Å². The lowest BCUT2D eigenvalue weighted by Crippen LogP contribution is -2.05. The Morgan fingerprint density at radius 1 is 1.50 bits per heavy atom. The van der Waals surface area contributed by atoms with Gasteiger partial charge in [0.2, 0.25) is 0 Å². The van der Waals surface area contributed by atoms with Gasteiger partial charge in [0.1, 0.15) is 5.56 Å². The van der Waals surface area contributed by atoms with Crippen LogP contribution in [0.25, 0.3) is 5.69 Å². The van der Waals surface area contributed by atoms with E-state index < -0.39 is 5.97 Å². The molecule has 0 fully saturated rings. The molecule has 0 aromatic carbocycles.